The Morgan fingerprint density at radius 2 is 2.07 bits per heavy atom. The van der Waals surface area contributed by atoms with Crippen molar-refractivity contribution in [2.24, 2.45) is 4.99 Å². The van der Waals surface area contributed by atoms with Crippen molar-refractivity contribution in [3.63, 3.8) is 0 Å². The molecule has 0 saturated carbocycles. The Hall–Kier alpha value is -2.64. The van der Waals surface area contributed by atoms with Gasteiger partial charge in [-0.2, -0.15) is 0 Å². The van der Waals surface area contributed by atoms with Gasteiger partial charge in [0.2, 0.25) is 0 Å². The van der Waals surface area contributed by atoms with Gasteiger partial charge in [0.1, 0.15) is 12.4 Å². The highest BCUT2D eigenvalue weighted by molar-refractivity contribution is 5.79. The van der Waals surface area contributed by atoms with Gasteiger partial charge in [-0.1, -0.05) is 18.2 Å². The highest BCUT2D eigenvalue weighted by Crippen LogP contribution is 2.15. The van der Waals surface area contributed by atoms with Gasteiger partial charge in [0.25, 0.3) is 0 Å². The molecule has 1 fully saturated rings. The van der Waals surface area contributed by atoms with Crippen molar-refractivity contribution in [2.75, 3.05) is 45.9 Å². The SMILES string of the molecule is CCNC(=NCc1cccc(OCc2ccccn2)c1)NCCN1CCOCC1. The van der Waals surface area contributed by atoms with Gasteiger partial charge >= 0.3 is 0 Å². The number of nitrogens with zero attached hydrogens (tertiary/aromatic N) is 3. The van der Waals surface area contributed by atoms with Gasteiger partial charge < -0.3 is 20.1 Å². The fourth-order valence-electron chi connectivity index (χ4n) is 3.04. The minimum absolute atomic E-state index is 0.458. The van der Waals surface area contributed by atoms with Crippen molar-refractivity contribution in [1.29, 1.82) is 0 Å². The number of benzene rings is 1. The van der Waals surface area contributed by atoms with Crippen LogP contribution in [0, 0.1) is 0 Å². The van der Waals surface area contributed by atoms with Gasteiger partial charge in [-0.3, -0.25) is 9.88 Å². The molecule has 1 aromatic heterocycles. The molecule has 2 N–H and O–H groups in total. The molecule has 0 amide bonds. The van der Waals surface area contributed by atoms with Crippen LogP contribution in [0.4, 0.5) is 0 Å². The minimum Gasteiger partial charge on any atom is -0.487 e. The number of nitrogens with one attached hydrogen (secondary N) is 2. The number of guanidine groups is 1. The summed E-state index contributed by atoms with van der Waals surface area (Å²) in [6.45, 7) is 9.46. The molecule has 7 heteroatoms. The second-order valence-electron chi connectivity index (χ2n) is 6.83. The lowest BCUT2D eigenvalue weighted by atomic mass is 10.2. The zero-order valence-electron chi connectivity index (χ0n) is 17.1. The molecule has 0 aliphatic carbocycles. The third-order valence-corrected chi connectivity index (χ3v) is 4.60. The average molecular weight is 398 g/mol. The van der Waals surface area contributed by atoms with Crippen molar-refractivity contribution in [3.05, 3.63) is 59.9 Å². The van der Waals surface area contributed by atoms with Gasteiger partial charge in [0.15, 0.2) is 5.96 Å². The first-order valence-corrected chi connectivity index (χ1v) is 10.3. The summed E-state index contributed by atoms with van der Waals surface area (Å²) >= 11 is 0. The molecule has 1 aliphatic rings. The first-order valence-electron chi connectivity index (χ1n) is 10.3. The van der Waals surface area contributed by atoms with E-state index in [1.165, 1.54) is 0 Å². The van der Waals surface area contributed by atoms with Crippen molar-refractivity contribution in [3.8, 4) is 5.75 Å². The lowest BCUT2D eigenvalue weighted by Gasteiger charge is -2.26. The summed E-state index contributed by atoms with van der Waals surface area (Å²) in [5, 5.41) is 6.72. The summed E-state index contributed by atoms with van der Waals surface area (Å²) in [6, 6.07) is 13.9. The summed E-state index contributed by atoms with van der Waals surface area (Å²) in [5.41, 5.74) is 2.02. The first-order chi connectivity index (χ1) is 14.3. The predicted molar refractivity (Wildman–Crippen MR) is 115 cm³/mol. The number of pyridine rings is 1. The normalized spacial score (nSPS) is 15.1. The van der Waals surface area contributed by atoms with Crippen LogP contribution in [0.2, 0.25) is 0 Å². The van der Waals surface area contributed by atoms with E-state index in [9.17, 15) is 0 Å². The lowest BCUT2D eigenvalue weighted by Crippen LogP contribution is -2.44. The van der Waals surface area contributed by atoms with E-state index >= 15 is 0 Å². The van der Waals surface area contributed by atoms with E-state index in [4.69, 9.17) is 14.5 Å². The van der Waals surface area contributed by atoms with Crippen LogP contribution in [0.3, 0.4) is 0 Å². The van der Waals surface area contributed by atoms with Gasteiger partial charge in [0, 0.05) is 38.9 Å². The Balaban J connectivity index is 1.48. The molecular formula is C22H31N5O2. The lowest BCUT2D eigenvalue weighted by molar-refractivity contribution is 0.0389. The largest absolute Gasteiger partial charge is 0.487 e. The Kier molecular flexibility index (Phi) is 8.75. The molecule has 0 radical (unpaired) electrons. The molecule has 0 atom stereocenters. The van der Waals surface area contributed by atoms with E-state index in [2.05, 4.69) is 33.5 Å². The zero-order chi connectivity index (χ0) is 20.2. The molecule has 0 bridgehead atoms. The first kappa shape index (κ1) is 21.1. The number of morpholine rings is 1. The fraction of sp³-hybridized carbons (Fsp3) is 0.455. The van der Waals surface area contributed by atoms with Gasteiger partial charge in [-0.25, -0.2) is 4.99 Å². The van der Waals surface area contributed by atoms with E-state index < -0.39 is 0 Å². The molecule has 0 unspecified atom stereocenters. The van der Waals surface area contributed by atoms with Crippen LogP contribution in [0.25, 0.3) is 0 Å². The Morgan fingerprint density at radius 3 is 2.86 bits per heavy atom. The zero-order valence-corrected chi connectivity index (χ0v) is 17.1. The highest BCUT2D eigenvalue weighted by Gasteiger charge is 2.09. The van der Waals surface area contributed by atoms with Crippen LogP contribution < -0.4 is 15.4 Å². The Morgan fingerprint density at radius 1 is 1.17 bits per heavy atom. The smallest absolute Gasteiger partial charge is 0.191 e. The average Bonchev–Trinajstić information content (AvgIpc) is 2.78. The van der Waals surface area contributed by atoms with Crippen LogP contribution >= 0.6 is 0 Å². The van der Waals surface area contributed by atoms with Crippen molar-refractivity contribution < 1.29 is 9.47 Å². The maximum absolute atomic E-state index is 5.86. The summed E-state index contributed by atoms with van der Waals surface area (Å²) < 4.78 is 11.3. The summed E-state index contributed by atoms with van der Waals surface area (Å²) in [6.07, 6.45) is 1.78. The third kappa shape index (κ3) is 7.71. The number of hydrogen-bond acceptors (Lipinski definition) is 5. The predicted octanol–water partition coefficient (Wildman–Crippen LogP) is 2.05. The Labute approximate surface area is 173 Å². The second kappa shape index (κ2) is 12.0. The monoisotopic (exact) mass is 397 g/mol. The fourth-order valence-corrected chi connectivity index (χ4v) is 3.04. The highest BCUT2D eigenvalue weighted by atomic mass is 16.5. The van der Waals surface area contributed by atoms with E-state index in [0.717, 1.165) is 68.9 Å². The molecular weight excluding hydrogens is 366 g/mol. The molecule has 2 heterocycles. The summed E-state index contributed by atoms with van der Waals surface area (Å²) in [4.78, 5) is 11.4. The van der Waals surface area contributed by atoms with Gasteiger partial charge in [0.05, 0.1) is 25.5 Å². The second-order valence-corrected chi connectivity index (χ2v) is 6.83. The maximum atomic E-state index is 5.86. The van der Waals surface area contributed by atoms with Crippen molar-refractivity contribution in [1.82, 2.24) is 20.5 Å². The van der Waals surface area contributed by atoms with E-state index in [0.29, 0.717) is 13.2 Å². The van der Waals surface area contributed by atoms with Crippen LogP contribution in [0.1, 0.15) is 18.2 Å². The van der Waals surface area contributed by atoms with E-state index in [1.54, 1.807) is 6.20 Å². The topological polar surface area (TPSA) is 71.0 Å². The number of hydrogen-bond donors (Lipinski definition) is 2. The van der Waals surface area contributed by atoms with Gasteiger partial charge in [-0.15, -0.1) is 0 Å². The van der Waals surface area contributed by atoms with Crippen LogP contribution in [-0.4, -0.2) is 61.8 Å². The molecule has 1 saturated heterocycles. The maximum Gasteiger partial charge on any atom is 0.191 e. The molecule has 0 spiro atoms. The van der Waals surface area contributed by atoms with Crippen molar-refractivity contribution >= 4 is 5.96 Å². The molecule has 3 rings (SSSR count). The molecule has 1 aromatic carbocycles. The minimum atomic E-state index is 0.458. The van der Waals surface area contributed by atoms with Crippen LogP contribution in [0.5, 0.6) is 5.75 Å². The van der Waals surface area contributed by atoms with Crippen molar-refractivity contribution in [2.45, 2.75) is 20.1 Å². The van der Waals surface area contributed by atoms with E-state index in [1.807, 2.05) is 36.4 Å². The summed E-state index contributed by atoms with van der Waals surface area (Å²) in [7, 11) is 0. The third-order valence-electron chi connectivity index (χ3n) is 4.60. The number of ether oxygens (including phenoxy) is 2. The van der Waals surface area contributed by atoms with Crippen LogP contribution in [-0.2, 0) is 17.9 Å². The number of aromatic nitrogens is 1. The van der Waals surface area contributed by atoms with Gasteiger partial charge in [-0.05, 0) is 36.8 Å². The number of rotatable bonds is 9. The molecule has 1 aliphatic heterocycles. The molecule has 2 aromatic rings. The molecule has 7 nitrogen and oxygen atoms in total. The van der Waals surface area contributed by atoms with E-state index in [-0.39, 0.29) is 0 Å². The Bertz CT molecular complexity index is 748. The summed E-state index contributed by atoms with van der Waals surface area (Å²) in [5.74, 6) is 1.66. The standard InChI is InChI=1S/C22H31N5O2/c1-2-23-22(25-10-11-27-12-14-28-15-13-27)26-17-19-6-5-8-21(16-19)29-18-20-7-3-4-9-24-20/h3-9,16H,2,10-15,17-18H2,1H3,(H2,23,25,26). The number of aliphatic imine (C=N–C) groups is 1. The molecule has 29 heavy (non-hydrogen) atoms. The quantitative estimate of drug-likeness (QED) is 0.499. The molecule has 156 valence electrons. The van der Waals surface area contributed by atoms with Crippen LogP contribution in [0.15, 0.2) is 53.7 Å².